The molecule has 8 heteroatoms. The van der Waals surface area contributed by atoms with Crippen LogP contribution in [0.1, 0.15) is 25.0 Å². The van der Waals surface area contributed by atoms with E-state index in [1.54, 1.807) is 13.0 Å². The molecule has 1 fully saturated rings. The highest BCUT2D eigenvalue weighted by Crippen LogP contribution is 2.13. The lowest BCUT2D eigenvalue weighted by Crippen LogP contribution is -2.33. The minimum Gasteiger partial charge on any atom is -0.360 e. The van der Waals surface area contributed by atoms with Gasteiger partial charge in [-0.1, -0.05) is 5.16 Å². The van der Waals surface area contributed by atoms with E-state index >= 15 is 0 Å². The predicted octanol–water partition coefficient (Wildman–Crippen LogP) is 1.16. The first-order chi connectivity index (χ1) is 11.1. The molecule has 2 heterocycles. The van der Waals surface area contributed by atoms with Gasteiger partial charge < -0.3 is 20.5 Å². The molecule has 23 heavy (non-hydrogen) atoms. The summed E-state index contributed by atoms with van der Waals surface area (Å²) in [7, 11) is 0. The van der Waals surface area contributed by atoms with E-state index in [1.165, 1.54) is 24.6 Å². The number of aryl methyl sites for hydroxylation is 1. The Kier molecular flexibility index (Phi) is 7.41. The zero-order valence-electron chi connectivity index (χ0n) is 13.4. The van der Waals surface area contributed by atoms with Crippen molar-refractivity contribution in [2.24, 2.45) is 5.92 Å². The third kappa shape index (κ3) is 7.04. The summed E-state index contributed by atoms with van der Waals surface area (Å²) >= 11 is 1.29. The molecular weight excluding hydrogens is 316 g/mol. The number of hydrogen-bond donors (Lipinski definition) is 3. The highest BCUT2D eigenvalue weighted by molar-refractivity contribution is 8.00. The standard InChI is InChI=1S/C15H24N4O3S/c1-11-7-13(19-22-11)18-15(21)10-23-9-14(20)17-6-4-12-3-2-5-16-8-12/h7,12,16H,2-6,8-10H2,1H3,(H,17,20)(H,18,19,21). The van der Waals surface area contributed by atoms with E-state index in [0.29, 0.717) is 24.0 Å². The van der Waals surface area contributed by atoms with Crippen molar-refractivity contribution >= 4 is 29.4 Å². The van der Waals surface area contributed by atoms with E-state index in [9.17, 15) is 9.59 Å². The molecule has 0 bridgehead atoms. The fraction of sp³-hybridized carbons (Fsp3) is 0.667. The van der Waals surface area contributed by atoms with Gasteiger partial charge in [-0.05, 0) is 45.2 Å². The molecule has 3 N–H and O–H groups in total. The molecule has 2 rings (SSSR count). The molecule has 1 aromatic rings. The van der Waals surface area contributed by atoms with Crippen molar-refractivity contribution in [2.75, 3.05) is 36.5 Å². The SMILES string of the molecule is Cc1cc(NC(=O)CSCC(=O)NCCC2CCCNC2)no1. The molecule has 1 unspecified atom stereocenters. The third-order valence-corrected chi connectivity index (χ3v) is 4.57. The number of amides is 2. The fourth-order valence-corrected chi connectivity index (χ4v) is 3.12. The molecule has 0 spiro atoms. The Morgan fingerprint density at radius 3 is 2.96 bits per heavy atom. The molecule has 0 radical (unpaired) electrons. The molecule has 0 aromatic carbocycles. The molecule has 1 aliphatic rings. The molecule has 1 saturated heterocycles. The fourth-order valence-electron chi connectivity index (χ4n) is 2.48. The van der Waals surface area contributed by atoms with Gasteiger partial charge in [-0.15, -0.1) is 11.8 Å². The van der Waals surface area contributed by atoms with Crippen molar-refractivity contribution in [2.45, 2.75) is 26.2 Å². The lowest BCUT2D eigenvalue weighted by atomic mass is 9.96. The summed E-state index contributed by atoms with van der Waals surface area (Å²) in [5.74, 6) is 1.99. The van der Waals surface area contributed by atoms with Gasteiger partial charge in [-0.3, -0.25) is 9.59 Å². The third-order valence-electron chi connectivity index (χ3n) is 3.64. The van der Waals surface area contributed by atoms with Crippen LogP contribution in [0.5, 0.6) is 0 Å². The maximum absolute atomic E-state index is 11.7. The Labute approximate surface area is 140 Å². The van der Waals surface area contributed by atoms with Crippen molar-refractivity contribution in [1.29, 1.82) is 0 Å². The minimum absolute atomic E-state index is 0.0242. The molecular formula is C15H24N4O3S. The van der Waals surface area contributed by atoms with Gasteiger partial charge in [-0.2, -0.15) is 0 Å². The van der Waals surface area contributed by atoms with Crippen LogP contribution in [0, 0.1) is 12.8 Å². The van der Waals surface area contributed by atoms with Crippen LogP contribution in [0.15, 0.2) is 10.6 Å². The quantitative estimate of drug-likeness (QED) is 0.657. The zero-order valence-corrected chi connectivity index (χ0v) is 14.2. The van der Waals surface area contributed by atoms with E-state index in [2.05, 4.69) is 21.1 Å². The molecule has 1 aliphatic heterocycles. The van der Waals surface area contributed by atoms with Gasteiger partial charge in [0.05, 0.1) is 11.5 Å². The van der Waals surface area contributed by atoms with Crippen LogP contribution >= 0.6 is 11.8 Å². The first-order valence-electron chi connectivity index (χ1n) is 7.92. The van der Waals surface area contributed by atoms with Gasteiger partial charge in [0.15, 0.2) is 5.82 Å². The first-order valence-corrected chi connectivity index (χ1v) is 9.07. The molecule has 1 aromatic heterocycles. The molecule has 0 saturated carbocycles. The number of thioether (sulfide) groups is 1. The number of hydrogen-bond acceptors (Lipinski definition) is 6. The summed E-state index contributed by atoms with van der Waals surface area (Å²) in [6, 6.07) is 1.65. The highest BCUT2D eigenvalue weighted by atomic mass is 32.2. The Morgan fingerprint density at radius 1 is 1.43 bits per heavy atom. The average Bonchev–Trinajstić information content (AvgIpc) is 2.93. The number of nitrogens with zero attached hydrogens (tertiary/aromatic N) is 1. The van der Waals surface area contributed by atoms with Crippen molar-refractivity contribution in [3.63, 3.8) is 0 Å². The first kappa shape index (κ1) is 17.8. The average molecular weight is 340 g/mol. The van der Waals surface area contributed by atoms with Crippen LogP contribution in [-0.2, 0) is 9.59 Å². The molecule has 7 nitrogen and oxygen atoms in total. The Bertz CT molecular complexity index is 515. The number of rotatable bonds is 8. The largest absolute Gasteiger partial charge is 0.360 e. The van der Waals surface area contributed by atoms with Crippen molar-refractivity contribution in [3.05, 3.63) is 11.8 Å². The Hall–Kier alpha value is -1.54. The van der Waals surface area contributed by atoms with Crippen LogP contribution in [0.3, 0.4) is 0 Å². The smallest absolute Gasteiger partial charge is 0.235 e. The van der Waals surface area contributed by atoms with Gasteiger partial charge in [0, 0.05) is 12.6 Å². The van der Waals surface area contributed by atoms with E-state index in [4.69, 9.17) is 4.52 Å². The van der Waals surface area contributed by atoms with Gasteiger partial charge >= 0.3 is 0 Å². The summed E-state index contributed by atoms with van der Waals surface area (Å²) in [5.41, 5.74) is 0. The molecule has 0 aliphatic carbocycles. The predicted molar refractivity (Wildman–Crippen MR) is 90.4 cm³/mol. The van der Waals surface area contributed by atoms with E-state index in [-0.39, 0.29) is 23.3 Å². The van der Waals surface area contributed by atoms with Crippen LogP contribution in [0.2, 0.25) is 0 Å². The maximum Gasteiger partial charge on any atom is 0.235 e. The topological polar surface area (TPSA) is 96.3 Å². The lowest BCUT2D eigenvalue weighted by Gasteiger charge is -2.22. The number of aromatic nitrogens is 1. The van der Waals surface area contributed by atoms with Gasteiger partial charge in [0.25, 0.3) is 0 Å². The second-order valence-electron chi connectivity index (χ2n) is 5.71. The van der Waals surface area contributed by atoms with Crippen molar-refractivity contribution in [3.8, 4) is 0 Å². The normalized spacial score (nSPS) is 17.7. The number of carbonyl (C=O) groups excluding carboxylic acids is 2. The summed E-state index contributed by atoms with van der Waals surface area (Å²) < 4.78 is 4.86. The van der Waals surface area contributed by atoms with Crippen LogP contribution < -0.4 is 16.0 Å². The molecule has 1 atom stereocenters. The highest BCUT2D eigenvalue weighted by Gasteiger charge is 2.13. The van der Waals surface area contributed by atoms with E-state index in [1.807, 2.05) is 0 Å². The number of anilines is 1. The molecule has 128 valence electrons. The summed E-state index contributed by atoms with van der Waals surface area (Å²) in [6.45, 7) is 4.61. The Morgan fingerprint density at radius 2 is 2.26 bits per heavy atom. The van der Waals surface area contributed by atoms with Gasteiger partial charge in [0.1, 0.15) is 5.76 Å². The Balaban J connectivity index is 1.51. The minimum atomic E-state index is -0.190. The van der Waals surface area contributed by atoms with Gasteiger partial charge in [0.2, 0.25) is 11.8 Å². The van der Waals surface area contributed by atoms with Gasteiger partial charge in [-0.25, -0.2) is 0 Å². The van der Waals surface area contributed by atoms with E-state index in [0.717, 1.165) is 19.5 Å². The van der Waals surface area contributed by atoms with Crippen LogP contribution in [0.4, 0.5) is 5.82 Å². The van der Waals surface area contributed by atoms with Crippen molar-refractivity contribution in [1.82, 2.24) is 15.8 Å². The summed E-state index contributed by atoms with van der Waals surface area (Å²) in [4.78, 5) is 23.4. The number of carbonyl (C=O) groups is 2. The van der Waals surface area contributed by atoms with Crippen LogP contribution in [0.25, 0.3) is 0 Å². The second-order valence-corrected chi connectivity index (χ2v) is 6.70. The zero-order chi connectivity index (χ0) is 16.5. The van der Waals surface area contributed by atoms with Crippen LogP contribution in [-0.4, -0.2) is 48.1 Å². The van der Waals surface area contributed by atoms with Crippen molar-refractivity contribution < 1.29 is 14.1 Å². The monoisotopic (exact) mass is 340 g/mol. The molecule has 2 amide bonds. The summed E-state index contributed by atoms with van der Waals surface area (Å²) in [6.07, 6.45) is 3.46. The maximum atomic E-state index is 11.7. The second kappa shape index (κ2) is 9.57. The van der Waals surface area contributed by atoms with E-state index < -0.39 is 0 Å². The summed E-state index contributed by atoms with van der Waals surface area (Å²) in [5, 5.41) is 12.6. The number of piperidine rings is 1. The number of nitrogens with one attached hydrogen (secondary N) is 3. The lowest BCUT2D eigenvalue weighted by molar-refractivity contribution is -0.118.